The van der Waals surface area contributed by atoms with E-state index in [0.717, 1.165) is 47.8 Å². The van der Waals surface area contributed by atoms with Crippen LogP contribution in [0.25, 0.3) is 0 Å². The van der Waals surface area contributed by atoms with Crippen LogP contribution in [0.3, 0.4) is 0 Å². The second-order valence-corrected chi connectivity index (χ2v) is 7.94. The minimum atomic E-state index is 0.222. The van der Waals surface area contributed by atoms with Crippen LogP contribution in [0, 0.1) is 46.8 Å². The molecule has 4 bridgehead atoms. The van der Waals surface area contributed by atoms with Gasteiger partial charge in [-0.15, -0.1) is 0 Å². The van der Waals surface area contributed by atoms with Gasteiger partial charge in [0.2, 0.25) is 0 Å². The summed E-state index contributed by atoms with van der Waals surface area (Å²) >= 11 is 0. The van der Waals surface area contributed by atoms with Crippen molar-refractivity contribution in [3.63, 3.8) is 0 Å². The summed E-state index contributed by atoms with van der Waals surface area (Å²) in [5.41, 5.74) is 0.222. The lowest BCUT2D eigenvalue weighted by molar-refractivity contribution is -0.0109. The normalized spacial score (nSPS) is 60.5. The largest absolute Gasteiger partial charge is 0.396 e. The first-order valence-corrected chi connectivity index (χ1v) is 7.89. The third-order valence-electron chi connectivity index (χ3n) is 7.32. The van der Waals surface area contributed by atoms with Crippen molar-refractivity contribution < 1.29 is 10.2 Å². The Morgan fingerprint density at radius 1 is 1.06 bits per heavy atom. The molecule has 8 atom stereocenters. The van der Waals surface area contributed by atoms with E-state index in [0.29, 0.717) is 13.2 Å². The van der Waals surface area contributed by atoms with Crippen molar-refractivity contribution in [1.82, 2.24) is 0 Å². The molecule has 8 unspecified atom stereocenters. The molecule has 0 aromatic carbocycles. The van der Waals surface area contributed by atoms with Gasteiger partial charge in [-0.1, -0.05) is 6.92 Å². The molecule has 4 aliphatic rings. The molecule has 0 amide bonds. The minimum absolute atomic E-state index is 0.222. The Bertz CT molecular complexity index is 355. The Hall–Kier alpha value is -0.0800. The Morgan fingerprint density at radius 2 is 1.89 bits per heavy atom. The van der Waals surface area contributed by atoms with Gasteiger partial charge in [-0.05, 0) is 78.9 Å². The van der Waals surface area contributed by atoms with E-state index in [1.54, 1.807) is 0 Å². The third-order valence-corrected chi connectivity index (χ3v) is 7.32. The summed E-state index contributed by atoms with van der Waals surface area (Å²) < 4.78 is 0. The van der Waals surface area contributed by atoms with Gasteiger partial charge in [0.25, 0.3) is 0 Å². The van der Waals surface area contributed by atoms with Crippen molar-refractivity contribution in [1.29, 1.82) is 0 Å². The molecule has 4 fully saturated rings. The molecule has 0 heterocycles. The maximum atomic E-state index is 9.77. The zero-order chi connectivity index (χ0) is 12.5. The van der Waals surface area contributed by atoms with Crippen LogP contribution in [0.15, 0.2) is 0 Å². The number of aliphatic hydroxyl groups is 2. The first kappa shape index (κ1) is 11.7. The summed E-state index contributed by atoms with van der Waals surface area (Å²) in [7, 11) is 0. The van der Waals surface area contributed by atoms with E-state index >= 15 is 0 Å². The molecule has 0 spiro atoms. The molecule has 0 radical (unpaired) electrons. The van der Waals surface area contributed by atoms with Gasteiger partial charge in [0.15, 0.2) is 0 Å². The monoisotopic (exact) mass is 250 g/mol. The van der Waals surface area contributed by atoms with Gasteiger partial charge in [0, 0.05) is 13.2 Å². The molecular weight excluding hydrogens is 224 g/mol. The molecule has 2 N–H and O–H groups in total. The lowest BCUT2D eigenvalue weighted by atomic mass is 9.60. The van der Waals surface area contributed by atoms with Gasteiger partial charge in [-0.3, -0.25) is 0 Å². The highest BCUT2D eigenvalue weighted by atomic mass is 16.3. The quantitative estimate of drug-likeness (QED) is 0.755. The fourth-order valence-corrected chi connectivity index (χ4v) is 6.89. The molecule has 102 valence electrons. The lowest BCUT2D eigenvalue weighted by Crippen LogP contribution is -2.42. The van der Waals surface area contributed by atoms with Crippen molar-refractivity contribution in [3.8, 4) is 0 Å². The number of fused-ring (bicyclic) bond motifs is 9. The van der Waals surface area contributed by atoms with E-state index in [4.69, 9.17) is 0 Å². The molecule has 0 aromatic rings. The van der Waals surface area contributed by atoms with E-state index in [1.165, 1.54) is 25.7 Å². The summed E-state index contributed by atoms with van der Waals surface area (Å²) in [4.78, 5) is 0. The first-order chi connectivity index (χ1) is 8.68. The zero-order valence-corrected chi connectivity index (χ0v) is 11.4. The Labute approximate surface area is 110 Å². The minimum Gasteiger partial charge on any atom is -0.396 e. The maximum absolute atomic E-state index is 9.77. The van der Waals surface area contributed by atoms with Crippen molar-refractivity contribution in [2.75, 3.05) is 13.2 Å². The average molecular weight is 250 g/mol. The van der Waals surface area contributed by atoms with Gasteiger partial charge in [-0.2, -0.15) is 0 Å². The van der Waals surface area contributed by atoms with Gasteiger partial charge in [-0.25, -0.2) is 0 Å². The second kappa shape index (κ2) is 3.73. The standard InChI is InChI=1S/C16H26O2/c1-16(8-18)7-11-6-13(16)15-12-5-10(14(11)15)4-9(12)2-3-17/h9-15,17-18H,2-8H2,1H3. The molecule has 0 saturated heterocycles. The van der Waals surface area contributed by atoms with Crippen LogP contribution in [-0.2, 0) is 0 Å². The molecule has 2 heteroatoms. The number of aliphatic hydroxyl groups excluding tert-OH is 2. The Kier molecular flexibility index (Phi) is 2.43. The van der Waals surface area contributed by atoms with E-state index in [9.17, 15) is 10.2 Å². The first-order valence-electron chi connectivity index (χ1n) is 7.89. The molecule has 4 saturated carbocycles. The number of hydrogen-bond donors (Lipinski definition) is 2. The summed E-state index contributed by atoms with van der Waals surface area (Å²) in [6.45, 7) is 3.08. The maximum Gasteiger partial charge on any atom is 0.0487 e. The molecule has 4 rings (SSSR count). The van der Waals surface area contributed by atoms with Crippen LogP contribution in [0.5, 0.6) is 0 Å². The average Bonchev–Trinajstić information content (AvgIpc) is 3.05. The summed E-state index contributed by atoms with van der Waals surface area (Å²) in [5, 5.41) is 19.0. The Morgan fingerprint density at radius 3 is 2.61 bits per heavy atom. The molecule has 0 aliphatic heterocycles. The van der Waals surface area contributed by atoms with E-state index in [2.05, 4.69) is 6.92 Å². The van der Waals surface area contributed by atoms with Gasteiger partial charge >= 0.3 is 0 Å². The molecule has 0 aromatic heterocycles. The van der Waals surface area contributed by atoms with E-state index < -0.39 is 0 Å². The number of rotatable bonds is 3. The van der Waals surface area contributed by atoms with Crippen LogP contribution >= 0.6 is 0 Å². The molecule has 18 heavy (non-hydrogen) atoms. The Balaban J connectivity index is 1.61. The van der Waals surface area contributed by atoms with Crippen LogP contribution in [-0.4, -0.2) is 23.4 Å². The lowest BCUT2D eigenvalue weighted by Gasteiger charge is -2.46. The van der Waals surface area contributed by atoms with Crippen molar-refractivity contribution in [3.05, 3.63) is 0 Å². The summed E-state index contributed by atoms with van der Waals surface area (Å²) in [6.07, 6.45) is 6.53. The fourth-order valence-electron chi connectivity index (χ4n) is 6.89. The highest BCUT2D eigenvalue weighted by Crippen LogP contribution is 2.72. The van der Waals surface area contributed by atoms with Gasteiger partial charge in [0.05, 0.1) is 0 Å². The highest BCUT2D eigenvalue weighted by Gasteiger charge is 2.66. The zero-order valence-electron chi connectivity index (χ0n) is 11.4. The van der Waals surface area contributed by atoms with E-state index in [1.807, 2.05) is 0 Å². The summed E-state index contributed by atoms with van der Waals surface area (Å²) in [6, 6.07) is 0. The van der Waals surface area contributed by atoms with Gasteiger partial charge < -0.3 is 10.2 Å². The topological polar surface area (TPSA) is 40.5 Å². The third kappa shape index (κ3) is 1.27. The second-order valence-electron chi connectivity index (χ2n) is 7.94. The van der Waals surface area contributed by atoms with Crippen LogP contribution in [0.2, 0.25) is 0 Å². The predicted octanol–water partition coefficient (Wildman–Crippen LogP) is 2.30. The molecule has 2 nitrogen and oxygen atoms in total. The van der Waals surface area contributed by atoms with Gasteiger partial charge in [0.1, 0.15) is 0 Å². The summed E-state index contributed by atoms with van der Waals surface area (Å²) in [5.74, 6) is 6.24. The highest BCUT2D eigenvalue weighted by molar-refractivity contribution is 5.15. The molecule has 4 aliphatic carbocycles. The molecular formula is C16H26O2. The SMILES string of the molecule is CC1(CO)CC2CC1C1C3CC(CC3CCO)C21. The fraction of sp³-hybridized carbons (Fsp3) is 1.00. The van der Waals surface area contributed by atoms with Crippen molar-refractivity contribution in [2.24, 2.45) is 46.8 Å². The van der Waals surface area contributed by atoms with Crippen LogP contribution in [0.4, 0.5) is 0 Å². The smallest absolute Gasteiger partial charge is 0.0487 e. The predicted molar refractivity (Wildman–Crippen MR) is 69.8 cm³/mol. The van der Waals surface area contributed by atoms with Crippen molar-refractivity contribution >= 4 is 0 Å². The number of hydrogen-bond acceptors (Lipinski definition) is 2. The van der Waals surface area contributed by atoms with E-state index in [-0.39, 0.29) is 5.41 Å². The van der Waals surface area contributed by atoms with Crippen molar-refractivity contribution in [2.45, 2.75) is 39.0 Å². The van der Waals surface area contributed by atoms with Crippen LogP contribution < -0.4 is 0 Å². The van der Waals surface area contributed by atoms with Crippen LogP contribution in [0.1, 0.15) is 39.0 Å².